The fourth-order valence-electron chi connectivity index (χ4n) is 4.58. The summed E-state index contributed by atoms with van der Waals surface area (Å²) in [7, 11) is -4.37. The van der Waals surface area contributed by atoms with Gasteiger partial charge in [0.2, 0.25) is 11.8 Å². The molecule has 1 aliphatic heterocycles. The van der Waals surface area contributed by atoms with Crippen molar-refractivity contribution in [3.63, 3.8) is 0 Å². The highest BCUT2D eigenvalue weighted by atomic mass is 35.5. The Bertz CT molecular complexity index is 1530. The molecule has 0 saturated heterocycles. The Hall–Kier alpha value is -3.83. The van der Waals surface area contributed by atoms with Gasteiger partial charge in [0.1, 0.15) is 31.6 Å². The Morgan fingerprint density at radius 3 is 2.26 bits per heavy atom. The van der Waals surface area contributed by atoms with Crippen LogP contribution in [0.1, 0.15) is 32.8 Å². The highest BCUT2D eigenvalue weighted by Crippen LogP contribution is 2.34. The van der Waals surface area contributed by atoms with E-state index < -0.39 is 34.3 Å². The van der Waals surface area contributed by atoms with Gasteiger partial charge in [0.25, 0.3) is 10.0 Å². The molecule has 1 atom stereocenters. The molecule has 4 rings (SSSR count). The molecule has 3 aromatic carbocycles. The third kappa shape index (κ3) is 7.97. The van der Waals surface area contributed by atoms with Crippen molar-refractivity contribution in [3.8, 4) is 11.5 Å². The predicted molar refractivity (Wildman–Crippen MR) is 162 cm³/mol. The molecule has 1 unspecified atom stereocenters. The number of hydrogen-bond acceptors (Lipinski definition) is 6. The van der Waals surface area contributed by atoms with Gasteiger partial charge >= 0.3 is 0 Å². The van der Waals surface area contributed by atoms with E-state index in [0.29, 0.717) is 29.5 Å². The topological polar surface area (TPSA) is 105 Å². The fraction of sp³-hybridized carbons (Fsp3) is 0.355. The number of amides is 2. The van der Waals surface area contributed by atoms with Crippen LogP contribution in [-0.2, 0) is 26.2 Å². The minimum atomic E-state index is -4.37. The molecule has 0 radical (unpaired) electrons. The second-order valence-electron chi connectivity index (χ2n) is 10.5. The van der Waals surface area contributed by atoms with Crippen LogP contribution < -0.4 is 19.1 Å². The summed E-state index contributed by atoms with van der Waals surface area (Å²) >= 11 is 6.06. The van der Waals surface area contributed by atoms with Gasteiger partial charge in [-0.05, 0) is 66.4 Å². The molecule has 0 spiro atoms. The van der Waals surface area contributed by atoms with Gasteiger partial charge in [0.05, 0.1) is 10.6 Å². The second kappa shape index (κ2) is 14.1. The SMILES string of the molecule is CCC(C(=O)NCC(C)C)N(Cc1ccc(Cl)cc1)C(=O)CN(c1ccc(F)cc1)S(=O)(=O)c1ccc2c(c1)OCCO2. The Balaban J connectivity index is 1.73. The highest BCUT2D eigenvalue weighted by molar-refractivity contribution is 7.92. The van der Waals surface area contributed by atoms with Crippen LogP contribution in [0.25, 0.3) is 0 Å². The number of nitrogens with zero attached hydrogens (tertiary/aromatic N) is 2. The second-order valence-corrected chi connectivity index (χ2v) is 12.8. The van der Waals surface area contributed by atoms with Crippen LogP contribution in [0.2, 0.25) is 5.02 Å². The maximum atomic E-state index is 14.1. The fourth-order valence-corrected chi connectivity index (χ4v) is 6.13. The molecule has 12 heteroatoms. The van der Waals surface area contributed by atoms with E-state index in [1.54, 1.807) is 31.2 Å². The van der Waals surface area contributed by atoms with Crippen LogP contribution >= 0.6 is 11.6 Å². The number of hydrogen-bond donors (Lipinski definition) is 1. The van der Waals surface area contributed by atoms with Crippen molar-refractivity contribution in [2.24, 2.45) is 5.92 Å². The molecule has 9 nitrogen and oxygen atoms in total. The number of carbonyl (C=O) groups excluding carboxylic acids is 2. The molecule has 43 heavy (non-hydrogen) atoms. The van der Waals surface area contributed by atoms with Crippen LogP contribution in [0.3, 0.4) is 0 Å². The largest absolute Gasteiger partial charge is 0.486 e. The van der Waals surface area contributed by atoms with Crippen LogP contribution in [0, 0.1) is 11.7 Å². The minimum Gasteiger partial charge on any atom is -0.486 e. The number of benzene rings is 3. The van der Waals surface area contributed by atoms with Gasteiger partial charge in [0, 0.05) is 24.2 Å². The highest BCUT2D eigenvalue weighted by Gasteiger charge is 2.34. The smallest absolute Gasteiger partial charge is 0.264 e. The summed E-state index contributed by atoms with van der Waals surface area (Å²) in [5, 5.41) is 3.40. The Morgan fingerprint density at radius 1 is 0.977 bits per heavy atom. The Morgan fingerprint density at radius 2 is 1.63 bits per heavy atom. The minimum absolute atomic E-state index is 0.0327. The third-order valence-electron chi connectivity index (χ3n) is 6.83. The summed E-state index contributed by atoms with van der Waals surface area (Å²) in [6, 6.07) is 15.0. The van der Waals surface area contributed by atoms with E-state index in [1.807, 2.05) is 13.8 Å². The van der Waals surface area contributed by atoms with E-state index >= 15 is 0 Å². The van der Waals surface area contributed by atoms with Gasteiger partial charge in [-0.2, -0.15) is 0 Å². The average Bonchev–Trinajstić information content (AvgIpc) is 2.99. The van der Waals surface area contributed by atoms with Gasteiger partial charge in [-0.15, -0.1) is 0 Å². The molecule has 230 valence electrons. The summed E-state index contributed by atoms with van der Waals surface area (Å²) < 4.78 is 54.0. The zero-order valence-electron chi connectivity index (χ0n) is 24.3. The summed E-state index contributed by atoms with van der Waals surface area (Å²) in [5.74, 6) is -0.679. The van der Waals surface area contributed by atoms with Crippen molar-refractivity contribution in [2.45, 2.75) is 44.7 Å². The summed E-state index contributed by atoms with van der Waals surface area (Å²) in [6.07, 6.45) is 0.286. The maximum absolute atomic E-state index is 14.1. The van der Waals surface area contributed by atoms with Crippen LogP contribution in [0.5, 0.6) is 11.5 Å². The Labute approximate surface area is 256 Å². The summed E-state index contributed by atoms with van der Waals surface area (Å²) in [5.41, 5.74) is 0.782. The van der Waals surface area contributed by atoms with Gasteiger partial charge in [-0.1, -0.05) is 44.5 Å². The number of anilines is 1. The number of fused-ring (bicyclic) bond motifs is 1. The van der Waals surface area contributed by atoms with E-state index in [9.17, 15) is 22.4 Å². The molecule has 0 bridgehead atoms. The molecule has 0 saturated carbocycles. The van der Waals surface area contributed by atoms with E-state index in [1.165, 1.54) is 35.2 Å². The lowest BCUT2D eigenvalue weighted by atomic mass is 10.1. The molecule has 2 amide bonds. The van der Waals surface area contributed by atoms with Crippen LogP contribution in [0.4, 0.5) is 10.1 Å². The molecule has 0 fully saturated rings. The maximum Gasteiger partial charge on any atom is 0.264 e. The normalized spacial score (nSPS) is 13.3. The molecule has 1 aliphatic rings. The van der Waals surface area contributed by atoms with E-state index in [4.69, 9.17) is 21.1 Å². The van der Waals surface area contributed by atoms with E-state index in [2.05, 4.69) is 5.32 Å². The molecule has 3 aromatic rings. The van der Waals surface area contributed by atoms with Crippen molar-refractivity contribution in [2.75, 3.05) is 30.6 Å². The number of sulfonamides is 1. The standard InChI is InChI=1S/C31H35ClFN3O6S/c1-4-27(31(38)34-18-21(2)3)35(19-22-5-7-23(32)8-6-22)30(37)20-36(25-11-9-24(33)10-12-25)43(39,40)26-13-14-28-29(17-26)42-16-15-41-28/h5-14,17,21,27H,4,15-16,18-20H2,1-3H3,(H,34,38). The van der Waals surface area contributed by atoms with Gasteiger partial charge in [-0.3, -0.25) is 13.9 Å². The summed E-state index contributed by atoms with van der Waals surface area (Å²) in [6.45, 7) is 6.09. The van der Waals surface area contributed by atoms with Crippen molar-refractivity contribution in [1.29, 1.82) is 0 Å². The molecule has 1 N–H and O–H groups in total. The van der Waals surface area contributed by atoms with Crippen molar-refractivity contribution >= 4 is 39.1 Å². The van der Waals surface area contributed by atoms with Crippen LogP contribution in [0.15, 0.2) is 71.6 Å². The van der Waals surface area contributed by atoms with Crippen molar-refractivity contribution in [1.82, 2.24) is 10.2 Å². The summed E-state index contributed by atoms with van der Waals surface area (Å²) in [4.78, 5) is 28.6. The first-order valence-electron chi connectivity index (χ1n) is 14.0. The predicted octanol–water partition coefficient (Wildman–Crippen LogP) is 5.03. The quantitative estimate of drug-likeness (QED) is 0.301. The number of carbonyl (C=O) groups is 2. The lowest BCUT2D eigenvalue weighted by Gasteiger charge is -2.33. The lowest BCUT2D eigenvalue weighted by Crippen LogP contribution is -2.52. The van der Waals surface area contributed by atoms with Gasteiger partial charge < -0.3 is 19.7 Å². The van der Waals surface area contributed by atoms with Crippen molar-refractivity contribution < 1.29 is 31.9 Å². The number of halogens is 2. The molecule has 0 aromatic heterocycles. The van der Waals surface area contributed by atoms with Crippen LogP contribution in [-0.4, -0.2) is 57.5 Å². The van der Waals surface area contributed by atoms with Gasteiger partial charge in [0.15, 0.2) is 11.5 Å². The monoisotopic (exact) mass is 631 g/mol. The molecule has 0 aliphatic carbocycles. The first-order valence-corrected chi connectivity index (χ1v) is 15.8. The Kier molecular flexibility index (Phi) is 10.5. The van der Waals surface area contributed by atoms with E-state index in [-0.39, 0.29) is 47.7 Å². The molecule has 1 heterocycles. The average molecular weight is 632 g/mol. The number of rotatable bonds is 12. The number of nitrogens with one attached hydrogen (secondary N) is 1. The molecular formula is C31H35ClFN3O6S. The lowest BCUT2D eigenvalue weighted by molar-refractivity contribution is -0.140. The third-order valence-corrected chi connectivity index (χ3v) is 8.85. The zero-order valence-corrected chi connectivity index (χ0v) is 25.8. The molecular weight excluding hydrogens is 597 g/mol. The zero-order chi connectivity index (χ0) is 31.1. The van der Waals surface area contributed by atoms with Gasteiger partial charge in [-0.25, -0.2) is 12.8 Å². The van der Waals surface area contributed by atoms with Crippen molar-refractivity contribution in [3.05, 3.63) is 83.1 Å². The first-order chi connectivity index (χ1) is 20.5. The van der Waals surface area contributed by atoms with E-state index in [0.717, 1.165) is 16.4 Å². The number of ether oxygens (including phenoxy) is 2. The first kappa shape index (κ1) is 32.1.